The molecular formula is C15H15FN2O2. The summed E-state index contributed by atoms with van der Waals surface area (Å²) in [6.07, 6.45) is 0. The van der Waals surface area contributed by atoms with Gasteiger partial charge >= 0.3 is 0 Å². The fraction of sp³-hybridized carbons (Fsp3) is 0.133. The number of hydrogen-bond acceptors (Lipinski definition) is 3. The highest BCUT2D eigenvalue weighted by Crippen LogP contribution is 2.23. The SMILES string of the molecule is COc1cccc(N(C)C(=O)c2cc(F)ccc2N)c1. The summed E-state index contributed by atoms with van der Waals surface area (Å²) < 4.78 is 18.4. The summed E-state index contributed by atoms with van der Waals surface area (Å²) >= 11 is 0. The van der Waals surface area contributed by atoms with E-state index >= 15 is 0 Å². The summed E-state index contributed by atoms with van der Waals surface area (Å²) in [5.41, 5.74) is 6.74. The molecule has 0 aliphatic rings. The third-order valence-corrected chi connectivity index (χ3v) is 2.99. The molecule has 2 aromatic carbocycles. The Balaban J connectivity index is 2.34. The molecule has 104 valence electrons. The maximum atomic E-state index is 13.2. The van der Waals surface area contributed by atoms with Gasteiger partial charge in [-0.3, -0.25) is 4.79 Å². The molecule has 2 rings (SSSR count). The highest BCUT2D eigenvalue weighted by atomic mass is 19.1. The van der Waals surface area contributed by atoms with E-state index in [0.29, 0.717) is 11.4 Å². The fourth-order valence-electron chi connectivity index (χ4n) is 1.83. The first-order valence-electron chi connectivity index (χ1n) is 6.00. The molecule has 0 radical (unpaired) electrons. The van der Waals surface area contributed by atoms with Crippen LogP contribution in [0.15, 0.2) is 42.5 Å². The van der Waals surface area contributed by atoms with Gasteiger partial charge in [-0.1, -0.05) is 6.07 Å². The monoisotopic (exact) mass is 274 g/mol. The minimum atomic E-state index is -0.499. The Bertz CT molecular complexity index is 644. The third-order valence-electron chi connectivity index (χ3n) is 2.99. The first-order chi connectivity index (χ1) is 9.52. The van der Waals surface area contributed by atoms with Gasteiger partial charge in [-0.2, -0.15) is 0 Å². The molecule has 0 spiro atoms. The number of methoxy groups -OCH3 is 1. The predicted molar refractivity (Wildman–Crippen MR) is 76.5 cm³/mol. The average molecular weight is 274 g/mol. The molecule has 0 saturated carbocycles. The van der Waals surface area contributed by atoms with E-state index in [2.05, 4.69) is 0 Å². The van der Waals surface area contributed by atoms with Crippen LogP contribution in [0.1, 0.15) is 10.4 Å². The van der Waals surface area contributed by atoms with Crippen LogP contribution in [-0.4, -0.2) is 20.1 Å². The number of rotatable bonds is 3. The van der Waals surface area contributed by atoms with E-state index in [4.69, 9.17) is 10.5 Å². The minimum Gasteiger partial charge on any atom is -0.497 e. The molecule has 0 aliphatic carbocycles. The van der Waals surface area contributed by atoms with Gasteiger partial charge < -0.3 is 15.4 Å². The molecular weight excluding hydrogens is 259 g/mol. The molecule has 1 amide bonds. The normalized spacial score (nSPS) is 10.2. The van der Waals surface area contributed by atoms with Crippen molar-refractivity contribution in [2.45, 2.75) is 0 Å². The summed E-state index contributed by atoms with van der Waals surface area (Å²) in [6, 6.07) is 10.8. The molecule has 0 aromatic heterocycles. The van der Waals surface area contributed by atoms with E-state index in [1.54, 1.807) is 38.4 Å². The van der Waals surface area contributed by atoms with Crippen molar-refractivity contribution in [1.29, 1.82) is 0 Å². The molecule has 0 bridgehead atoms. The summed E-state index contributed by atoms with van der Waals surface area (Å²) in [5, 5.41) is 0. The topological polar surface area (TPSA) is 55.6 Å². The molecule has 2 aromatic rings. The predicted octanol–water partition coefficient (Wildman–Crippen LogP) is 2.69. The van der Waals surface area contributed by atoms with Gasteiger partial charge in [0.25, 0.3) is 5.91 Å². The molecule has 0 atom stereocenters. The number of hydrogen-bond donors (Lipinski definition) is 1. The molecule has 0 unspecified atom stereocenters. The Hall–Kier alpha value is -2.56. The first kappa shape index (κ1) is 13.9. The molecule has 0 aliphatic heterocycles. The minimum absolute atomic E-state index is 0.135. The fourth-order valence-corrected chi connectivity index (χ4v) is 1.83. The zero-order valence-corrected chi connectivity index (χ0v) is 11.3. The van der Waals surface area contributed by atoms with Gasteiger partial charge in [0.05, 0.1) is 12.7 Å². The number of nitrogen functional groups attached to an aromatic ring is 1. The first-order valence-corrected chi connectivity index (χ1v) is 6.00. The highest BCUT2D eigenvalue weighted by Gasteiger charge is 2.17. The number of carbonyl (C=O) groups is 1. The van der Waals surface area contributed by atoms with Gasteiger partial charge in [-0.05, 0) is 30.3 Å². The second-order valence-corrected chi connectivity index (χ2v) is 4.30. The summed E-state index contributed by atoms with van der Waals surface area (Å²) in [5.74, 6) is -0.244. The van der Waals surface area contributed by atoms with Crippen LogP contribution in [0.2, 0.25) is 0 Å². The van der Waals surface area contributed by atoms with Crippen LogP contribution in [0.25, 0.3) is 0 Å². The summed E-state index contributed by atoms with van der Waals surface area (Å²) in [6.45, 7) is 0. The van der Waals surface area contributed by atoms with Crippen LogP contribution in [0.5, 0.6) is 5.75 Å². The molecule has 0 saturated heterocycles. The van der Waals surface area contributed by atoms with Crippen molar-refractivity contribution in [2.24, 2.45) is 0 Å². The number of amides is 1. The van der Waals surface area contributed by atoms with Crippen LogP contribution in [0.3, 0.4) is 0 Å². The van der Waals surface area contributed by atoms with Crippen molar-refractivity contribution >= 4 is 17.3 Å². The van der Waals surface area contributed by atoms with Gasteiger partial charge in [0.2, 0.25) is 0 Å². The van der Waals surface area contributed by atoms with Crippen LogP contribution in [0.4, 0.5) is 15.8 Å². The number of carbonyl (C=O) groups excluding carboxylic acids is 1. The van der Waals surface area contributed by atoms with Gasteiger partial charge in [-0.15, -0.1) is 0 Å². The highest BCUT2D eigenvalue weighted by molar-refractivity contribution is 6.09. The lowest BCUT2D eigenvalue weighted by atomic mass is 10.1. The number of benzene rings is 2. The lowest BCUT2D eigenvalue weighted by Gasteiger charge is -2.19. The van der Waals surface area contributed by atoms with Crippen LogP contribution < -0.4 is 15.4 Å². The maximum absolute atomic E-state index is 13.2. The molecule has 0 fully saturated rings. The van der Waals surface area contributed by atoms with Crippen molar-refractivity contribution in [2.75, 3.05) is 24.8 Å². The second-order valence-electron chi connectivity index (χ2n) is 4.30. The smallest absolute Gasteiger partial charge is 0.260 e. The van der Waals surface area contributed by atoms with E-state index in [0.717, 1.165) is 6.07 Å². The Morgan fingerprint density at radius 1 is 1.25 bits per heavy atom. The number of nitrogens with zero attached hydrogens (tertiary/aromatic N) is 1. The number of ether oxygens (including phenoxy) is 1. The third kappa shape index (κ3) is 2.71. The van der Waals surface area contributed by atoms with Crippen molar-refractivity contribution < 1.29 is 13.9 Å². The molecule has 2 N–H and O–H groups in total. The van der Waals surface area contributed by atoms with Gasteiger partial charge in [0.15, 0.2) is 0 Å². The molecule has 4 nitrogen and oxygen atoms in total. The maximum Gasteiger partial charge on any atom is 0.260 e. The van der Waals surface area contributed by atoms with Crippen LogP contribution >= 0.6 is 0 Å². The van der Waals surface area contributed by atoms with Crippen LogP contribution in [0, 0.1) is 5.82 Å². The largest absolute Gasteiger partial charge is 0.497 e. The van der Waals surface area contributed by atoms with Crippen molar-refractivity contribution in [3.05, 3.63) is 53.8 Å². The van der Waals surface area contributed by atoms with E-state index in [1.165, 1.54) is 17.0 Å². The number of nitrogens with two attached hydrogens (primary N) is 1. The lowest BCUT2D eigenvalue weighted by molar-refractivity contribution is 0.0993. The van der Waals surface area contributed by atoms with Crippen molar-refractivity contribution in [3.63, 3.8) is 0 Å². The summed E-state index contributed by atoms with van der Waals surface area (Å²) in [7, 11) is 3.15. The Labute approximate surface area is 116 Å². The van der Waals surface area contributed by atoms with Gasteiger partial charge in [0.1, 0.15) is 11.6 Å². The van der Waals surface area contributed by atoms with Crippen molar-refractivity contribution in [3.8, 4) is 5.75 Å². The average Bonchev–Trinajstić information content (AvgIpc) is 2.48. The Morgan fingerprint density at radius 3 is 2.70 bits per heavy atom. The Morgan fingerprint density at radius 2 is 2.00 bits per heavy atom. The van der Waals surface area contributed by atoms with Crippen LogP contribution in [-0.2, 0) is 0 Å². The second kappa shape index (κ2) is 5.61. The molecule has 0 heterocycles. The van der Waals surface area contributed by atoms with E-state index in [9.17, 15) is 9.18 Å². The zero-order chi connectivity index (χ0) is 14.7. The van der Waals surface area contributed by atoms with Gasteiger partial charge in [0, 0.05) is 24.5 Å². The number of anilines is 2. The standard InChI is InChI=1S/C15H15FN2O2/c1-18(11-4-3-5-12(9-11)20-2)15(19)13-8-10(16)6-7-14(13)17/h3-9H,17H2,1-2H3. The lowest BCUT2D eigenvalue weighted by Crippen LogP contribution is -2.27. The quantitative estimate of drug-likeness (QED) is 0.875. The van der Waals surface area contributed by atoms with E-state index < -0.39 is 5.82 Å². The molecule has 5 heteroatoms. The van der Waals surface area contributed by atoms with Gasteiger partial charge in [-0.25, -0.2) is 4.39 Å². The van der Waals surface area contributed by atoms with E-state index in [1.807, 2.05) is 0 Å². The van der Waals surface area contributed by atoms with Crippen molar-refractivity contribution in [1.82, 2.24) is 0 Å². The summed E-state index contributed by atoms with van der Waals surface area (Å²) in [4.78, 5) is 13.8. The zero-order valence-electron chi connectivity index (χ0n) is 11.3. The number of halogens is 1. The Kier molecular flexibility index (Phi) is 3.89. The molecule has 20 heavy (non-hydrogen) atoms. The van der Waals surface area contributed by atoms with E-state index in [-0.39, 0.29) is 17.2 Å².